The van der Waals surface area contributed by atoms with Crippen molar-refractivity contribution >= 4 is 43.3 Å². The molecule has 25 heteroatoms. The van der Waals surface area contributed by atoms with Crippen LogP contribution in [0.25, 0.3) is 0 Å². The predicted molar refractivity (Wildman–Crippen MR) is 168 cm³/mol. The Morgan fingerprint density at radius 2 is 0.755 bits per heavy atom. The molecule has 6 amide bonds. The van der Waals surface area contributed by atoms with Gasteiger partial charge in [0.25, 0.3) is 0 Å². The molecule has 0 atom stereocenters. The summed E-state index contributed by atoms with van der Waals surface area (Å²) >= 11 is 0. The van der Waals surface area contributed by atoms with Gasteiger partial charge in [0.2, 0.25) is 0 Å². The van der Waals surface area contributed by atoms with E-state index in [-0.39, 0.29) is 109 Å². The van der Waals surface area contributed by atoms with E-state index in [0.717, 1.165) is 0 Å². The molecule has 3 aromatic heterocycles. The molecule has 0 spiro atoms. The van der Waals surface area contributed by atoms with E-state index in [1.54, 1.807) is 36.4 Å². The first-order chi connectivity index (χ1) is 24.0. The minimum Gasteiger partial charge on any atom is -0.870 e. The molecule has 0 aliphatic heterocycles. The standard InChI is InChI=1S/C19H24N4O10.C8H10N2O5.CH2O.K.2H2O/c1-20-16(24)28-7-12-3-5-14(32-12)9-30-18(26)22-11-23-19(27)31-10-15-6-4-13(33-15)8-29-17(25)21-2;9-7(11)13-3-5-1-2-6(15-5)4-14-8(10)12;1-2;;;/h3-6H,7-11H2,1-2H3,(H,20,24)(H,21,25)(H,22,26)(H,23,27);1-2H,3-4H2,(H2,9,11)(H2,10,12);1H2;;2*1H2/q;;;+1;;/p-1. The maximum absolute atomic E-state index is 11.7. The summed E-state index contributed by atoms with van der Waals surface area (Å²) in [6, 6.07) is 9.43. The maximum atomic E-state index is 11.7. The largest absolute Gasteiger partial charge is 1.00 e. The molecule has 290 valence electrons. The van der Waals surface area contributed by atoms with Crippen LogP contribution in [-0.2, 0) is 72.9 Å². The van der Waals surface area contributed by atoms with Crippen molar-refractivity contribution in [1.82, 2.24) is 21.3 Å². The van der Waals surface area contributed by atoms with Gasteiger partial charge in [-0.1, -0.05) is 0 Å². The smallest absolute Gasteiger partial charge is 0.870 e. The summed E-state index contributed by atoms with van der Waals surface area (Å²) in [5, 5.41) is 9.20. The molecule has 0 radical (unpaired) electrons. The Bertz CT molecular complexity index is 1420. The van der Waals surface area contributed by atoms with Gasteiger partial charge in [-0.15, -0.1) is 0 Å². The molecule has 3 aromatic rings. The van der Waals surface area contributed by atoms with E-state index >= 15 is 0 Å². The number of nitrogens with two attached hydrogens (primary N) is 2. The molecular formula is C28H39KN6O18. The van der Waals surface area contributed by atoms with Crippen LogP contribution >= 0.6 is 0 Å². The van der Waals surface area contributed by atoms with Crippen LogP contribution in [0, 0.1) is 0 Å². The van der Waals surface area contributed by atoms with Gasteiger partial charge in [-0.05, 0) is 36.4 Å². The van der Waals surface area contributed by atoms with E-state index in [9.17, 15) is 28.8 Å². The summed E-state index contributed by atoms with van der Waals surface area (Å²) in [5.74, 6) is 2.24. The van der Waals surface area contributed by atoms with E-state index in [1.165, 1.54) is 14.1 Å². The van der Waals surface area contributed by atoms with E-state index in [0.29, 0.717) is 34.6 Å². The number of carbonyl (C=O) groups excluding carboxylic acids is 7. The molecule has 0 unspecified atom stereocenters. The fraction of sp³-hybridized carbons (Fsp3) is 0.321. The zero-order valence-corrected chi connectivity index (χ0v) is 31.9. The number of alkyl carbamates (subject to hydrolysis) is 4. The molecular weight excluding hydrogens is 747 g/mol. The molecule has 0 saturated carbocycles. The molecule has 0 bridgehead atoms. The van der Waals surface area contributed by atoms with Crippen LogP contribution in [0.4, 0.5) is 28.8 Å². The van der Waals surface area contributed by atoms with Crippen molar-refractivity contribution < 1.29 is 138 Å². The molecule has 0 aromatic carbocycles. The Morgan fingerprint density at radius 1 is 0.528 bits per heavy atom. The maximum Gasteiger partial charge on any atom is 1.00 e. The second-order valence-corrected chi connectivity index (χ2v) is 8.65. The summed E-state index contributed by atoms with van der Waals surface area (Å²) in [4.78, 5) is 73.9. The molecule has 3 heterocycles. The van der Waals surface area contributed by atoms with Crippen molar-refractivity contribution in [2.45, 2.75) is 39.6 Å². The van der Waals surface area contributed by atoms with Crippen molar-refractivity contribution in [3.63, 3.8) is 0 Å². The SMILES string of the molecule is C=O.CNC(=O)OCc1ccc(COC(=O)NCNC(=O)OCc2ccc(COC(=O)NC)o2)o1.NC(=O)OCc1ccc(COC(N)=O)o1.O.[K+].[OH-]. The number of primary amides is 2. The first kappa shape index (κ1) is 52.1. The van der Waals surface area contributed by atoms with E-state index in [2.05, 4.69) is 30.7 Å². The van der Waals surface area contributed by atoms with Gasteiger partial charge in [0.05, 0.1) is 6.67 Å². The normalized spacial score (nSPS) is 9.02. The Labute approximate surface area is 342 Å². The van der Waals surface area contributed by atoms with Gasteiger partial charge in [-0.2, -0.15) is 0 Å². The fourth-order valence-electron chi connectivity index (χ4n) is 3.00. The number of ether oxygens (including phenoxy) is 6. The number of nitrogens with one attached hydrogen (secondary N) is 4. The first-order valence-corrected chi connectivity index (χ1v) is 13.8. The number of hydrogen-bond acceptors (Lipinski definition) is 17. The molecule has 11 N–H and O–H groups in total. The average Bonchev–Trinajstić information content (AvgIpc) is 3.88. The number of hydrogen-bond donors (Lipinski definition) is 6. The minimum absolute atomic E-state index is 0. The third-order valence-electron chi connectivity index (χ3n) is 5.12. The number of furan rings is 3. The van der Waals surface area contributed by atoms with Crippen molar-refractivity contribution in [3.8, 4) is 0 Å². The second-order valence-electron chi connectivity index (χ2n) is 8.65. The van der Waals surface area contributed by atoms with Gasteiger partial charge in [0.15, 0.2) is 39.6 Å². The van der Waals surface area contributed by atoms with Gasteiger partial charge in [-0.25, -0.2) is 28.8 Å². The van der Waals surface area contributed by atoms with Gasteiger partial charge in [0, 0.05) is 14.1 Å². The van der Waals surface area contributed by atoms with Crippen molar-refractivity contribution in [3.05, 3.63) is 71.0 Å². The first-order valence-electron chi connectivity index (χ1n) is 13.8. The Hall–Kier alpha value is -5.31. The number of carbonyl (C=O) groups is 7. The monoisotopic (exact) mass is 786 g/mol. The number of rotatable bonds is 14. The molecule has 3 rings (SSSR count). The van der Waals surface area contributed by atoms with Crippen LogP contribution in [0.5, 0.6) is 0 Å². The van der Waals surface area contributed by atoms with Gasteiger partial charge in [0.1, 0.15) is 41.4 Å². The summed E-state index contributed by atoms with van der Waals surface area (Å²) < 4.78 is 44.3. The zero-order valence-electron chi connectivity index (χ0n) is 28.8. The fourth-order valence-corrected chi connectivity index (χ4v) is 3.00. The van der Waals surface area contributed by atoms with Crippen molar-refractivity contribution in [1.29, 1.82) is 0 Å². The van der Waals surface area contributed by atoms with Gasteiger partial charge < -0.3 is 90.2 Å². The van der Waals surface area contributed by atoms with Crippen LogP contribution in [0.1, 0.15) is 34.6 Å². The molecule has 0 aliphatic carbocycles. The molecule has 53 heavy (non-hydrogen) atoms. The average molecular weight is 787 g/mol. The summed E-state index contributed by atoms with van der Waals surface area (Å²) in [5.41, 5.74) is 9.51. The predicted octanol–water partition coefficient (Wildman–Crippen LogP) is -2.02. The Morgan fingerprint density at radius 3 is 0.981 bits per heavy atom. The van der Waals surface area contributed by atoms with Crippen LogP contribution in [0.3, 0.4) is 0 Å². The minimum atomic E-state index is -0.888. The van der Waals surface area contributed by atoms with E-state index in [1.807, 2.05) is 6.79 Å². The number of amides is 6. The summed E-state index contributed by atoms with van der Waals surface area (Å²) in [6.07, 6.45) is -4.59. The van der Waals surface area contributed by atoms with E-state index in [4.69, 9.17) is 48.5 Å². The van der Waals surface area contributed by atoms with Crippen molar-refractivity contribution in [2.75, 3.05) is 20.8 Å². The molecule has 0 fully saturated rings. The zero-order chi connectivity index (χ0) is 37.3. The quantitative estimate of drug-likeness (QED) is 0.0583. The van der Waals surface area contributed by atoms with Crippen LogP contribution < -0.4 is 84.1 Å². The second kappa shape index (κ2) is 30.3. The van der Waals surface area contributed by atoms with E-state index < -0.39 is 36.6 Å². The summed E-state index contributed by atoms with van der Waals surface area (Å²) in [6.45, 7) is 1.16. The Balaban J connectivity index is -0.00000106. The van der Waals surface area contributed by atoms with Crippen molar-refractivity contribution in [2.24, 2.45) is 11.5 Å². The topological polar surface area (TPSA) is 376 Å². The van der Waals surface area contributed by atoms with Crippen LogP contribution in [0.2, 0.25) is 0 Å². The summed E-state index contributed by atoms with van der Waals surface area (Å²) in [7, 11) is 2.86. The Kier molecular flexibility index (Phi) is 29.8. The third-order valence-corrected chi connectivity index (χ3v) is 5.12. The molecule has 0 aliphatic rings. The molecule has 0 saturated heterocycles. The van der Waals surface area contributed by atoms with Crippen LogP contribution in [0.15, 0.2) is 49.6 Å². The third kappa shape index (κ3) is 24.5. The molecule has 24 nitrogen and oxygen atoms in total. The van der Waals surface area contributed by atoms with Crippen LogP contribution in [-0.4, -0.2) is 75.1 Å². The van der Waals surface area contributed by atoms with Gasteiger partial charge >= 0.3 is 87.9 Å². The van der Waals surface area contributed by atoms with Gasteiger partial charge in [-0.3, -0.25) is 0 Å².